The van der Waals surface area contributed by atoms with Gasteiger partial charge in [0.05, 0.1) is 0 Å². The third-order valence-corrected chi connectivity index (χ3v) is 4.84. The molecule has 7 nitrogen and oxygen atoms in total. The molecule has 0 bridgehead atoms. The van der Waals surface area contributed by atoms with Gasteiger partial charge in [-0.1, -0.05) is 12.1 Å². The maximum atomic E-state index is 12.3. The molecular weight excluding hydrogens is 368 g/mol. The van der Waals surface area contributed by atoms with Gasteiger partial charge in [-0.3, -0.25) is 4.79 Å². The van der Waals surface area contributed by atoms with Crippen molar-refractivity contribution in [3.8, 4) is 0 Å². The van der Waals surface area contributed by atoms with Crippen molar-refractivity contribution in [3.63, 3.8) is 0 Å². The van der Waals surface area contributed by atoms with Gasteiger partial charge in [-0.15, -0.1) is 0 Å². The highest BCUT2D eigenvalue weighted by atomic mass is 16.5. The first-order valence-corrected chi connectivity index (χ1v) is 9.76. The highest BCUT2D eigenvalue weighted by Crippen LogP contribution is 2.21. The Balaban J connectivity index is 1.53. The Morgan fingerprint density at radius 3 is 2.66 bits per heavy atom. The lowest BCUT2D eigenvalue weighted by molar-refractivity contribution is -0.124. The number of nitrogens with one attached hydrogen (secondary N) is 3. The molecule has 0 aliphatic carbocycles. The van der Waals surface area contributed by atoms with Crippen LogP contribution in [0, 0.1) is 6.92 Å². The minimum Gasteiger partial charge on any atom is -0.378 e. The summed E-state index contributed by atoms with van der Waals surface area (Å²) in [7, 11) is 3.96. The topological polar surface area (TPSA) is 82.7 Å². The third kappa shape index (κ3) is 5.71. The fraction of sp³-hybridized carbons (Fsp3) is 0.364. The number of ether oxygens (including phenoxy) is 1. The van der Waals surface area contributed by atoms with Crippen LogP contribution in [0.2, 0.25) is 0 Å². The lowest BCUT2D eigenvalue weighted by Crippen LogP contribution is -2.29. The van der Waals surface area contributed by atoms with Crippen molar-refractivity contribution in [1.82, 2.24) is 5.32 Å². The van der Waals surface area contributed by atoms with Gasteiger partial charge >= 0.3 is 6.03 Å². The van der Waals surface area contributed by atoms with Gasteiger partial charge in [-0.25, -0.2) is 4.79 Å². The molecule has 1 saturated heterocycles. The predicted molar refractivity (Wildman–Crippen MR) is 115 cm³/mol. The highest BCUT2D eigenvalue weighted by Gasteiger charge is 2.23. The van der Waals surface area contributed by atoms with E-state index in [2.05, 4.69) is 16.0 Å². The lowest BCUT2D eigenvalue weighted by atomic mass is 10.1. The number of aryl methyl sites for hydroxylation is 1. The number of rotatable bonds is 6. The monoisotopic (exact) mass is 396 g/mol. The maximum absolute atomic E-state index is 12.3. The van der Waals surface area contributed by atoms with Gasteiger partial charge in [0.15, 0.2) is 0 Å². The van der Waals surface area contributed by atoms with E-state index >= 15 is 0 Å². The van der Waals surface area contributed by atoms with E-state index in [4.69, 9.17) is 4.74 Å². The first-order valence-electron chi connectivity index (χ1n) is 9.76. The first kappa shape index (κ1) is 20.7. The van der Waals surface area contributed by atoms with Crippen molar-refractivity contribution in [2.75, 3.05) is 36.2 Å². The molecule has 0 saturated carbocycles. The Hall–Kier alpha value is -3.06. The second-order valence-corrected chi connectivity index (χ2v) is 7.39. The van der Waals surface area contributed by atoms with Gasteiger partial charge in [-0.05, 0) is 61.2 Å². The standard InChI is InChI=1S/C22H28N4O3/c1-15-12-18(26(2)3)9-10-19(15)25-22(28)23-14-16-6-4-7-17(13-16)24-21(27)20-8-5-11-29-20/h4,6-7,9-10,12-13,20H,5,8,11,14H2,1-3H3,(H,24,27)(H2,23,25,28). The molecule has 7 heteroatoms. The number of hydrogen-bond donors (Lipinski definition) is 3. The minimum atomic E-state index is -0.371. The van der Waals surface area contributed by atoms with Crippen LogP contribution in [-0.2, 0) is 16.1 Å². The summed E-state index contributed by atoms with van der Waals surface area (Å²) in [5.41, 5.74) is 4.43. The summed E-state index contributed by atoms with van der Waals surface area (Å²) in [6.45, 7) is 2.95. The van der Waals surface area contributed by atoms with Crippen molar-refractivity contribution < 1.29 is 14.3 Å². The van der Waals surface area contributed by atoms with Gasteiger partial charge in [0.1, 0.15) is 6.10 Å². The molecule has 1 unspecified atom stereocenters. The number of urea groups is 1. The van der Waals surface area contributed by atoms with Gasteiger partial charge < -0.3 is 25.6 Å². The SMILES string of the molecule is Cc1cc(N(C)C)ccc1NC(=O)NCc1cccc(NC(=O)C2CCCO2)c1. The quantitative estimate of drug-likeness (QED) is 0.698. The fourth-order valence-electron chi connectivity index (χ4n) is 3.18. The smallest absolute Gasteiger partial charge is 0.319 e. The van der Waals surface area contributed by atoms with Crippen LogP contribution < -0.4 is 20.9 Å². The first-order chi connectivity index (χ1) is 13.9. The van der Waals surface area contributed by atoms with Crippen LogP contribution in [0.4, 0.5) is 21.9 Å². The zero-order valence-electron chi connectivity index (χ0n) is 17.1. The molecule has 0 radical (unpaired) electrons. The van der Waals surface area contributed by atoms with Crippen molar-refractivity contribution in [2.24, 2.45) is 0 Å². The lowest BCUT2D eigenvalue weighted by Gasteiger charge is -2.16. The molecule has 0 aromatic heterocycles. The number of nitrogens with zero attached hydrogens (tertiary/aromatic N) is 1. The second kappa shape index (κ2) is 9.43. The van der Waals surface area contributed by atoms with Crippen LogP contribution in [0.3, 0.4) is 0 Å². The van der Waals surface area contributed by atoms with Crippen molar-refractivity contribution in [1.29, 1.82) is 0 Å². The molecule has 1 fully saturated rings. The molecule has 2 aromatic carbocycles. The van der Waals surface area contributed by atoms with Gasteiger partial charge in [0.25, 0.3) is 5.91 Å². The summed E-state index contributed by atoms with van der Waals surface area (Å²) in [5, 5.41) is 8.60. The molecule has 154 valence electrons. The van der Waals surface area contributed by atoms with Crippen LogP contribution in [0.15, 0.2) is 42.5 Å². The number of anilines is 3. The molecule has 1 aliphatic heterocycles. The molecule has 1 aliphatic rings. The Morgan fingerprint density at radius 1 is 1.14 bits per heavy atom. The van der Waals surface area contributed by atoms with Gasteiger partial charge in [0, 0.05) is 44.3 Å². The number of carbonyl (C=O) groups is 2. The van der Waals surface area contributed by atoms with Crippen LogP contribution in [0.1, 0.15) is 24.0 Å². The predicted octanol–water partition coefficient (Wildman–Crippen LogP) is 3.50. The van der Waals surface area contributed by atoms with E-state index in [1.807, 2.05) is 68.4 Å². The van der Waals surface area contributed by atoms with Crippen LogP contribution in [0.5, 0.6) is 0 Å². The number of carbonyl (C=O) groups excluding carboxylic acids is 2. The number of benzene rings is 2. The normalized spacial score (nSPS) is 15.6. The molecule has 3 N–H and O–H groups in total. The summed E-state index contributed by atoms with van der Waals surface area (Å²) in [4.78, 5) is 26.5. The molecular formula is C22H28N4O3. The maximum Gasteiger partial charge on any atom is 0.319 e. The zero-order valence-corrected chi connectivity index (χ0v) is 17.1. The molecule has 1 atom stereocenters. The second-order valence-electron chi connectivity index (χ2n) is 7.39. The molecule has 29 heavy (non-hydrogen) atoms. The third-order valence-electron chi connectivity index (χ3n) is 4.84. The van der Waals surface area contributed by atoms with E-state index in [0.717, 1.165) is 35.3 Å². The largest absolute Gasteiger partial charge is 0.378 e. The Kier molecular flexibility index (Phi) is 6.72. The molecule has 1 heterocycles. The average Bonchev–Trinajstić information content (AvgIpc) is 3.23. The van der Waals surface area contributed by atoms with E-state index in [1.165, 1.54) is 0 Å². The van der Waals surface area contributed by atoms with Crippen molar-refractivity contribution >= 4 is 29.0 Å². The molecule has 2 aromatic rings. The van der Waals surface area contributed by atoms with Gasteiger partial charge in [-0.2, -0.15) is 0 Å². The van der Waals surface area contributed by atoms with Crippen molar-refractivity contribution in [3.05, 3.63) is 53.6 Å². The van der Waals surface area contributed by atoms with E-state index in [0.29, 0.717) is 18.8 Å². The summed E-state index contributed by atoms with van der Waals surface area (Å²) >= 11 is 0. The summed E-state index contributed by atoms with van der Waals surface area (Å²) in [6.07, 6.45) is 1.29. The van der Waals surface area contributed by atoms with E-state index in [9.17, 15) is 9.59 Å². The van der Waals surface area contributed by atoms with Gasteiger partial charge in [0.2, 0.25) is 0 Å². The minimum absolute atomic E-state index is 0.123. The molecule has 0 spiro atoms. The Bertz CT molecular complexity index is 876. The fourth-order valence-corrected chi connectivity index (χ4v) is 3.18. The summed E-state index contributed by atoms with van der Waals surface area (Å²) < 4.78 is 5.40. The summed E-state index contributed by atoms with van der Waals surface area (Å²) in [5.74, 6) is -0.123. The van der Waals surface area contributed by atoms with Crippen LogP contribution in [-0.4, -0.2) is 38.7 Å². The highest BCUT2D eigenvalue weighted by molar-refractivity contribution is 5.94. The Morgan fingerprint density at radius 2 is 1.97 bits per heavy atom. The van der Waals surface area contributed by atoms with E-state index in [-0.39, 0.29) is 18.0 Å². The zero-order chi connectivity index (χ0) is 20.8. The van der Waals surface area contributed by atoms with E-state index in [1.54, 1.807) is 0 Å². The van der Waals surface area contributed by atoms with Crippen molar-refractivity contribution in [2.45, 2.75) is 32.4 Å². The van der Waals surface area contributed by atoms with E-state index < -0.39 is 0 Å². The van der Waals surface area contributed by atoms with Crippen LogP contribution in [0.25, 0.3) is 0 Å². The average molecular weight is 396 g/mol. The molecule has 3 rings (SSSR count). The van der Waals surface area contributed by atoms with Crippen LogP contribution >= 0.6 is 0 Å². The summed E-state index contributed by atoms with van der Waals surface area (Å²) in [6, 6.07) is 13.0. The number of hydrogen-bond acceptors (Lipinski definition) is 4. The number of amides is 3. The molecule has 3 amide bonds. The Labute approximate surface area is 171 Å².